The van der Waals surface area contributed by atoms with Crippen molar-refractivity contribution in [2.75, 3.05) is 13.7 Å². The maximum absolute atomic E-state index is 12.6. The highest BCUT2D eigenvalue weighted by Gasteiger charge is 2.45. The van der Waals surface area contributed by atoms with Crippen LogP contribution in [0.2, 0.25) is 0 Å². The van der Waals surface area contributed by atoms with Gasteiger partial charge in [0.1, 0.15) is 11.7 Å². The van der Waals surface area contributed by atoms with E-state index >= 15 is 0 Å². The topological polar surface area (TPSA) is 89.2 Å². The van der Waals surface area contributed by atoms with E-state index in [4.69, 9.17) is 4.74 Å². The largest absolute Gasteiger partial charge is 0.496 e. The quantitative estimate of drug-likeness (QED) is 0.897. The zero-order valence-electron chi connectivity index (χ0n) is 13.1. The summed E-state index contributed by atoms with van der Waals surface area (Å²) >= 11 is 0. The molecular formula is C17H18N4O2. The molecule has 1 amide bonds. The molecule has 0 radical (unpaired) electrons. The van der Waals surface area contributed by atoms with Crippen LogP contribution in [-0.4, -0.2) is 24.6 Å². The Morgan fingerprint density at radius 2 is 2.04 bits per heavy atom. The lowest BCUT2D eigenvalue weighted by Crippen LogP contribution is -2.35. The molecule has 23 heavy (non-hydrogen) atoms. The van der Waals surface area contributed by atoms with Crippen molar-refractivity contribution in [3.8, 4) is 17.9 Å². The average molecular weight is 310 g/mol. The number of methoxy groups -OCH3 is 1. The molecule has 1 aromatic rings. The molecule has 0 bridgehead atoms. The molecule has 1 aliphatic rings. The number of hydrazine groups is 1. The van der Waals surface area contributed by atoms with Crippen LogP contribution in [0.15, 0.2) is 36.5 Å². The lowest BCUT2D eigenvalue weighted by molar-refractivity contribution is -0.132. The highest BCUT2D eigenvalue weighted by atomic mass is 16.5. The van der Waals surface area contributed by atoms with E-state index in [1.54, 1.807) is 24.3 Å². The third-order valence-electron chi connectivity index (χ3n) is 4.00. The van der Waals surface area contributed by atoms with Gasteiger partial charge in [-0.2, -0.15) is 10.5 Å². The van der Waals surface area contributed by atoms with Gasteiger partial charge in [-0.3, -0.25) is 15.2 Å². The summed E-state index contributed by atoms with van der Waals surface area (Å²) in [4.78, 5) is 12.6. The molecule has 1 aliphatic heterocycles. The normalized spacial score (nSPS) is 18.3. The lowest BCUT2D eigenvalue weighted by atomic mass is 9.76. The van der Waals surface area contributed by atoms with E-state index in [9.17, 15) is 15.3 Å². The van der Waals surface area contributed by atoms with E-state index in [0.29, 0.717) is 23.6 Å². The molecule has 0 aliphatic carbocycles. The van der Waals surface area contributed by atoms with Gasteiger partial charge in [-0.05, 0) is 13.0 Å². The van der Waals surface area contributed by atoms with Crippen molar-refractivity contribution >= 4 is 5.91 Å². The number of carbonyl (C=O) groups excluding carboxylic acids is 1. The summed E-state index contributed by atoms with van der Waals surface area (Å²) in [5.41, 5.74) is 4.07. The fraction of sp³-hybridized carbons (Fsp3) is 0.353. The Morgan fingerprint density at radius 3 is 2.57 bits per heavy atom. The van der Waals surface area contributed by atoms with Crippen LogP contribution in [0.3, 0.4) is 0 Å². The molecule has 6 nitrogen and oxygen atoms in total. The molecule has 0 spiro atoms. The molecule has 2 atom stereocenters. The van der Waals surface area contributed by atoms with Gasteiger partial charge in [-0.25, -0.2) is 0 Å². The zero-order valence-corrected chi connectivity index (χ0v) is 13.1. The van der Waals surface area contributed by atoms with Gasteiger partial charge < -0.3 is 4.74 Å². The molecule has 1 fully saturated rings. The summed E-state index contributed by atoms with van der Waals surface area (Å²) in [6.07, 6.45) is 0. The van der Waals surface area contributed by atoms with Crippen molar-refractivity contribution in [1.29, 1.82) is 10.5 Å². The molecule has 2 rings (SSSR count). The predicted molar refractivity (Wildman–Crippen MR) is 83.6 cm³/mol. The number of para-hydroxylation sites is 1. The van der Waals surface area contributed by atoms with Gasteiger partial charge >= 0.3 is 0 Å². The summed E-state index contributed by atoms with van der Waals surface area (Å²) in [6.45, 7) is 6.21. The second-order valence-electron chi connectivity index (χ2n) is 5.20. The third kappa shape index (κ3) is 2.84. The fourth-order valence-electron chi connectivity index (χ4n) is 2.90. The summed E-state index contributed by atoms with van der Waals surface area (Å²) in [5, 5.41) is 20.2. The first kappa shape index (κ1) is 16.4. The molecule has 0 saturated carbocycles. The van der Waals surface area contributed by atoms with Crippen molar-refractivity contribution in [2.24, 2.45) is 11.8 Å². The van der Waals surface area contributed by atoms with Gasteiger partial charge in [-0.15, -0.1) is 0 Å². The van der Waals surface area contributed by atoms with Crippen LogP contribution in [0.4, 0.5) is 0 Å². The Balaban J connectivity index is 2.57. The van der Waals surface area contributed by atoms with Crippen LogP contribution >= 0.6 is 0 Å². The number of ether oxygens (including phenoxy) is 1. The van der Waals surface area contributed by atoms with Gasteiger partial charge in [0.05, 0.1) is 25.2 Å². The van der Waals surface area contributed by atoms with Crippen LogP contribution in [0.1, 0.15) is 18.4 Å². The van der Waals surface area contributed by atoms with Crippen LogP contribution in [0, 0.1) is 34.5 Å². The van der Waals surface area contributed by atoms with E-state index < -0.39 is 17.8 Å². The molecule has 0 aromatic heterocycles. The number of rotatable bonds is 5. The molecule has 118 valence electrons. The molecular weight excluding hydrogens is 292 g/mol. The predicted octanol–water partition coefficient (Wildman–Crippen LogP) is 1.94. The summed E-state index contributed by atoms with van der Waals surface area (Å²) in [7, 11) is 1.52. The highest BCUT2D eigenvalue weighted by molar-refractivity contribution is 5.85. The average Bonchev–Trinajstić information content (AvgIpc) is 2.86. The van der Waals surface area contributed by atoms with Crippen molar-refractivity contribution in [3.05, 3.63) is 42.1 Å². The SMILES string of the molecule is C=C1NN(CC)C(=O)[C@H]1[C@@H](c1ccccc1OC)C(C#N)C#N. The smallest absolute Gasteiger partial charge is 0.250 e. The van der Waals surface area contributed by atoms with E-state index in [2.05, 4.69) is 12.0 Å². The molecule has 1 N–H and O–H groups in total. The second kappa shape index (κ2) is 6.85. The Labute approximate surface area is 135 Å². The summed E-state index contributed by atoms with van der Waals surface area (Å²) in [6, 6.07) is 11.1. The van der Waals surface area contributed by atoms with Crippen molar-refractivity contribution < 1.29 is 9.53 Å². The minimum Gasteiger partial charge on any atom is -0.496 e. The van der Waals surface area contributed by atoms with Crippen LogP contribution < -0.4 is 10.2 Å². The van der Waals surface area contributed by atoms with Crippen molar-refractivity contribution in [2.45, 2.75) is 12.8 Å². The van der Waals surface area contributed by atoms with E-state index in [1.165, 1.54) is 12.1 Å². The van der Waals surface area contributed by atoms with Crippen LogP contribution in [0.5, 0.6) is 5.75 Å². The number of benzene rings is 1. The van der Waals surface area contributed by atoms with Crippen molar-refractivity contribution in [3.63, 3.8) is 0 Å². The second-order valence-corrected chi connectivity index (χ2v) is 5.20. The van der Waals surface area contributed by atoms with Gasteiger partial charge in [0, 0.05) is 23.7 Å². The number of carbonyl (C=O) groups is 1. The van der Waals surface area contributed by atoms with Crippen LogP contribution in [0.25, 0.3) is 0 Å². The Morgan fingerprint density at radius 1 is 1.39 bits per heavy atom. The van der Waals surface area contributed by atoms with Gasteiger partial charge in [-0.1, -0.05) is 24.8 Å². The number of amides is 1. The molecule has 1 heterocycles. The Hall–Kier alpha value is -2.99. The molecule has 1 aromatic carbocycles. The lowest BCUT2D eigenvalue weighted by Gasteiger charge is -2.24. The van der Waals surface area contributed by atoms with E-state index in [1.807, 2.05) is 19.1 Å². The van der Waals surface area contributed by atoms with E-state index in [0.717, 1.165) is 0 Å². The number of nitriles is 2. The minimum atomic E-state index is -0.990. The number of hydrogen-bond donors (Lipinski definition) is 1. The number of nitrogens with zero attached hydrogens (tertiary/aromatic N) is 3. The first-order valence-corrected chi connectivity index (χ1v) is 7.28. The first-order chi connectivity index (χ1) is 11.1. The monoisotopic (exact) mass is 310 g/mol. The minimum absolute atomic E-state index is 0.191. The standard InChI is InChI=1S/C17H18N4O2/c1-4-21-17(22)15(11(2)20-21)16(12(9-18)10-19)13-7-5-6-8-14(13)23-3/h5-8,12,15-16,20H,2,4H2,1,3H3/t15-,16-/m1/s1. The Bertz CT molecular complexity index is 687. The number of hydrogen-bond acceptors (Lipinski definition) is 5. The summed E-state index contributed by atoms with van der Waals surface area (Å²) in [5.74, 6) is -1.97. The maximum atomic E-state index is 12.6. The Kier molecular flexibility index (Phi) is 4.88. The number of nitrogens with one attached hydrogen (secondary N) is 1. The molecule has 6 heteroatoms. The first-order valence-electron chi connectivity index (χ1n) is 7.28. The molecule has 1 saturated heterocycles. The van der Waals surface area contributed by atoms with Crippen LogP contribution in [-0.2, 0) is 4.79 Å². The van der Waals surface area contributed by atoms with Crippen molar-refractivity contribution in [1.82, 2.24) is 10.4 Å². The van der Waals surface area contributed by atoms with E-state index in [-0.39, 0.29) is 5.91 Å². The maximum Gasteiger partial charge on any atom is 0.250 e. The molecule has 0 unspecified atom stereocenters. The third-order valence-corrected chi connectivity index (χ3v) is 4.00. The summed E-state index contributed by atoms with van der Waals surface area (Å²) < 4.78 is 5.35. The van der Waals surface area contributed by atoms with Gasteiger partial charge in [0.15, 0.2) is 0 Å². The zero-order chi connectivity index (χ0) is 17.0. The van der Waals surface area contributed by atoms with Gasteiger partial charge in [0.25, 0.3) is 5.91 Å². The fourth-order valence-corrected chi connectivity index (χ4v) is 2.90. The highest BCUT2D eigenvalue weighted by Crippen LogP contribution is 2.42. The van der Waals surface area contributed by atoms with Gasteiger partial charge in [0.2, 0.25) is 0 Å².